The van der Waals surface area contributed by atoms with Gasteiger partial charge in [-0.2, -0.15) is 0 Å². The molecule has 0 bridgehead atoms. The van der Waals surface area contributed by atoms with Crippen molar-refractivity contribution in [1.82, 2.24) is 4.90 Å². The van der Waals surface area contributed by atoms with Crippen molar-refractivity contribution in [3.05, 3.63) is 0 Å². The summed E-state index contributed by atoms with van der Waals surface area (Å²) in [4.78, 5) is 3.11. The Morgan fingerprint density at radius 3 is 1.54 bits per heavy atom. The van der Waals surface area contributed by atoms with Gasteiger partial charge in [-0.1, -0.05) is 65.7 Å². The monoisotopic (exact) mass is 349 g/mol. The molecule has 1 heterocycles. The Bertz CT molecular complexity index is 348. The molecule has 0 amide bonds. The van der Waals surface area contributed by atoms with E-state index in [-0.39, 0.29) is 7.92 Å². The number of likely N-dealkylation sites (tertiary alicyclic amines) is 1. The maximum atomic E-state index is 3.11. The number of nitrogens with zero attached hydrogens (tertiary/aromatic N) is 1. The van der Waals surface area contributed by atoms with Crippen LogP contribution < -0.4 is 0 Å². The Morgan fingerprint density at radius 2 is 1.00 bits per heavy atom. The van der Waals surface area contributed by atoms with Crippen LogP contribution in [0, 0.1) is 0 Å². The SMILES string of the molecule is C1CCC(N2CCC[C@H]2P(C2CCCCC2)C2CCCCC2)CC1. The third-order valence-corrected chi connectivity index (χ3v) is 11.6. The van der Waals surface area contributed by atoms with Gasteiger partial charge in [-0.25, -0.2) is 0 Å². The standard InChI is InChI=1S/C22H40NP/c1-4-11-19(12-5-1)23-18-10-17-22(23)24(20-13-6-2-7-14-20)21-15-8-3-9-16-21/h19-22H,1-18H2/t22-/m1/s1. The van der Waals surface area contributed by atoms with Gasteiger partial charge in [0.05, 0.1) is 0 Å². The topological polar surface area (TPSA) is 3.24 Å². The lowest BCUT2D eigenvalue weighted by Crippen LogP contribution is -2.42. The summed E-state index contributed by atoms with van der Waals surface area (Å²) in [5, 5.41) is 0. The van der Waals surface area contributed by atoms with Crippen molar-refractivity contribution in [2.24, 2.45) is 0 Å². The minimum Gasteiger partial charge on any atom is -0.294 e. The second-order valence-corrected chi connectivity index (χ2v) is 12.1. The molecule has 2 heteroatoms. The van der Waals surface area contributed by atoms with Gasteiger partial charge in [0.15, 0.2) is 0 Å². The Kier molecular flexibility index (Phi) is 6.56. The van der Waals surface area contributed by atoms with Gasteiger partial charge in [0.1, 0.15) is 0 Å². The Morgan fingerprint density at radius 1 is 0.500 bits per heavy atom. The molecular formula is C22H40NP. The van der Waals surface area contributed by atoms with Crippen molar-refractivity contribution in [3.8, 4) is 0 Å². The van der Waals surface area contributed by atoms with Gasteiger partial charge in [-0.15, -0.1) is 0 Å². The second-order valence-electron chi connectivity index (χ2n) is 9.18. The number of rotatable bonds is 4. The fourth-order valence-electron chi connectivity index (χ4n) is 6.47. The van der Waals surface area contributed by atoms with Gasteiger partial charge < -0.3 is 0 Å². The van der Waals surface area contributed by atoms with Crippen molar-refractivity contribution in [3.63, 3.8) is 0 Å². The second kappa shape index (κ2) is 8.85. The molecule has 0 spiro atoms. The van der Waals surface area contributed by atoms with Crippen LogP contribution in [-0.4, -0.2) is 34.6 Å². The maximum absolute atomic E-state index is 3.11. The van der Waals surface area contributed by atoms with Crippen molar-refractivity contribution in [1.29, 1.82) is 0 Å². The third-order valence-electron chi connectivity index (χ3n) is 7.64. The average Bonchev–Trinajstić information content (AvgIpc) is 3.14. The summed E-state index contributed by atoms with van der Waals surface area (Å²) in [5.74, 6) is 1.04. The summed E-state index contributed by atoms with van der Waals surface area (Å²) < 4.78 is 0. The Hall–Kier alpha value is 0.390. The first kappa shape index (κ1) is 17.8. The summed E-state index contributed by atoms with van der Waals surface area (Å²) in [6, 6.07) is 0.975. The first-order chi connectivity index (χ1) is 11.9. The quantitative estimate of drug-likeness (QED) is 0.500. The highest BCUT2D eigenvalue weighted by atomic mass is 31.1. The van der Waals surface area contributed by atoms with Gasteiger partial charge in [-0.3, -0.25) is 4.90 Å². The highest BCUT2D eigenvalue weighted by Crippen LogP contribution is 2.62. The predicted octanol–water partition coefficient (Wildman–Crippen LogP) is 6.89. The normalized spacial score (nSPS) is 32.6. The van der Waals surface area contributed by atoms with Crippen molar-refractivity contribution in [2.45, 2.75) is 132 Å². The molecule has 3 saturated carbocycles. The molecule has 138 valence electrons. The molecule has 0 radical (unpaired) electrons. The van der Waals surface area contributed by atoms with Crippen LogP contribution >= 0.6 is 7.92 Å². The van der Waals surface area contributed by atoms with E-state index in [2.05, 4.69) is 4.90 Å². The lowest BCUT2D eigenvalue weighted by molar-refractivity contribution is 0.174. The van der Waals surface area contributed by atoms with Gasteiger partial charge >= 0.3 is 0 Å². The minimum absolute atomic E-state index is 0.264. The lowest BCUT2D eigenvalue weighted by atomic mass is 9.94. The molecular weight excluding hydrogens is 309 g/mol. The smallest absolute Gasteiger partial charge is 0.0305 e. The highest BCUT2D eigenvalue weighted by molar-refractivity contribution is 7.59. The average molecular weight is 350 g/mol. The molecule has 0 N–H and O–H groups in total. The summed E-state index contributed by atoms with van der Waals surface area (Å²) >= 11 is 0. The zero-order valence-electron chi connectivity index (χ0n) is 15.9. The van der Waals surface area contributed by atoms with E-state index in [1.165, 1.54) is 57.9 Å². The van der Waals surface area contributed by atoms with Gasteiger partial charge in [0.2, 0.25) is 0 Å². The van der Waals surface area contributed by atoms with Crippen LogP contribution in [0.15, 0.2) is 0 Å². The van der Waals surface area contributed by atoms with E-state index in [1.54, 1.807) is 57.8 Å². The molecule has 0 aromatic carbocycles. The minimum atomic E-state index is 0.264. The molecule has 4 rings (SSSR count). The van der Waals surface area contributed by atoms with Crippen molar-refractivity contribution < 1.29 is 0 Å². The first-order valence-corrected chi connectivity index (χ1v) is 13.0. The van der Waals surface area contributed by atoms with Crippen molar-refractivity contribution >= 4 is 7.92 Å². The fourth-order valence-corrected chi connectivity index (χ4v) is 11.1. The molecule has 1 atom stereocenters. The molecule has 0 unspecified atom stereocenters. The molecule has 3 aliphatic carbocycles. The van der Waals surface area contributed by atoms with E-state index >= 15 is 0 Å². The molecule has 1 aliphatic heterocycles. The molecule has 24 heavy (non-hydrogen) atoms. The lowest BCUT2D eigenvalue weighted by Gasteiger charge is -2.47. The Balaban J connectivity index is 1.51. The fraction of sp³-hybridized carbons (Fsp3) is 1.00. The molecule has 0 aromatic rings. The van der Waals surface area contributed by atoms with Gasteiger partial charge in [0, 0.05) is 11.8 Å². The number of hydrogen-bond donors (Lipinski definition) is 0. The summed E-state index contributed by atoms with van der Waals surface area (Å²) in [7, 11) is 0.264. The Labute approximate surface area is 152 Å². The van der Waals surface area contributed by atoms with Crippen LogP contribution in [0.5, 0.6) is 0 Å². The van der Waals surface area contributed by atoms with Crippen molar-refractivity contribution in [2.75, 3.05) is 6.54 Å². The molecule has 1 saturated heterocycles. The van der Waals surface area contributed by atoms with Gasteiger partial charge in [0.25, 0.3) is 0 Å². The predicted molar refractivity (Wildman–Crippen MR) is 107 cm³/mol. The van der Waals surface area contributed by atoms with Crippen LogP contribution in [-0.2, 0) is 0 Å². The zero-order chi connectivity index (χ0) is 16.2. The van der Waals surface area contributed by atoms with E-state index < -0.39 is 0 Å². The summed E-state index contributed by atoms with van der Waals surface area (Å²) in [5.41, 5.74) is 2.29. The van der Waals surface area contributed by atoms with E-state index in [0.29, 0.717) is 0 Å². The number of hydrogen-bond acceptors (Lipinski definition) is 1. The van der Waals surface area contributed by atoms with Gasteiger partial charge in [-0.05, 0) is 69.2 Å². The van der Waals surface area contributed by atoms with E-state index in [1.807, 2.05) is 0 Å². The molecule has 4 aliphatic rings. The molecule has 4 fully saturated rings. The van der Waals surface area contributed by atoms with Crippen LogP contribution in [0.25, 0.3) is 0 Å². The van der Waals surface area contributed by atoms with Crippen LogP contribution in [0.3, 0.4) is 0 Å². The zero-order valence-corrected chi connectivity index (χ0v) is 16.8. The summed E-state index contributed by atoms with van der Waals surface area (Å²) in [6.07, 6.45) is 26.3. The maximum Gasteiger partial charge on any atom is 0.0305 e. The van der Waals surface area contributed by atoms with E-state index in [4.69, 9.17) is 0 Å². The first-order valence-electron chi connectivity index (χ1n) is 11.5. The van der Waals surface area contributed by atoms with Crippen LogP contribution in [0.1, 0.15) is 109 Å². The third kappa shape index (κ3) is 4.03. The largest absolute Gasteiger partial charge is 0.294 e. The van der Waals surface area contributed by atoms with E-state index in [0.717, 1.165) is 23.1 Å². The summed E-state index contributed by atoms with van der Waals surface area (Å²) in [6.45, 7) is 1.45. The van der Waals surface area contributed by atoms with Crippen LogP contribution in [0.4, 0.5) is 0 Å². The molecule has 0 aromatic heterocycles. The van der Waals surface area contributed by atoms with E-state index in [9.17, 15) is 0 Å². The highest BCUT2D eigenvalue weighted by Gasteiger charge is 2.42. The molecule has 1 nitrogen and oxygen atoms in total. The van der Waals surface area contributed by atoms with Crippen LogP contribution in [0.2, 0.25) is 0 Å².